The Bertz CT molecular complexity index is 1790. The highest BCUT2D eigenvalue weighted by Crippen LogP contribution is 2.33. The Morgan fingerprint density at radius 3 is 1.54 bits per heavy atom. The highest BCUT2D eigenvalue weighted by Gasteiger charge is 2.13. The molecule has 0 aliphatic heterocycles. The van der Waals surface area contributed by atoms with E-state index in [1.165, 1.54) is 4.70 Å². The van der Waals surface area contributed by atoms with Gasteiger partial charge in [0.25, 0.3) is 0 Å². The second-order valence-electron chi connectivity index (χ2n) is 8.80. The molecule has 0 N–H and O–H groups in total. The lowest BCUT2D eigenvalue weighted by Crippen LogP contribution is -2.00. The van der Waals surface area contributed by atoms with Gasteiger partial charge in [0.05, 0.1) is 10.2 Å². The molecule has 0 fully saturated rings. The van der Waals surface area contributed by atoms with E-state index in [-0.39, 0.29) is 0 Å². The van der Waals surface area contributed by atoms with Crippen molar-refractivity contribution in [2.45, 2.75) is 0 Å². The van der Waals surface area contributed by atoms with Crippen LogP contribution in [-0.2, 0) is 0 Å². The van der Waals surface area contributed by atoms with Gasteiger partial charge in [0.15, 0.2) is 17.5 Å². The van der Waals surface area contributed by atoms with E-state index in [0.717, 1.165) is 43.6 Å². The lowest BCUT2D eigenvalue weighted by Gasteiger charge is -2.09. The molecular weight excluding hydrogens is 472 g/mol. The molecule has 0 saturated heterocycles. The zero-order valence-corrected chi connectivity index (χ0v) is 20.6. The van der Waals surface area contributed by atoms with E-state index in [0.29, 0.717) is 17.5 Å². The molecule has 37 heavy (non-hydrogen) atoms. The van der Waals surface area contributed by atoms with Crippen molar-refractivity contribution in [2.75, 3.05) is 0 Å². The number of thiazole rings is 1. The van der Waals surface area contributed by atoms with Crippen molar-refractivity contribution in [3.05, 3.63) is 121 Å². The van der Waals surface area contributed by atoms with Crippen molar-refractivity contribution in [1.29, 1.82) is 0 Å². The quantitative estimate of drug-likeness (QED) is 0.248. The van der Waals surface area contributed by atoms with Crippen LogP contribution in [0.5, 0.6) is 0 Å². The molecule has 0 aliphatic rings. The highest BCUT2D eigenvalue weighted by atomic mass is 32.1. The molecule has 2 heterocycles. The van der Waals surface area contributed by atoms with Crippen LogP contribution in [0.25, 0.3) is 65.7 Å². The van der Waals surface area contributed by atoms with E-state index in [1.807, 2.05) is 66.7 Å². The topological polar surface area (TPSA) is 51.6 Å². The molecule has 7 rings (SSSR count). The number of rotatable bonds is 4. The lowest BCUT2D eigenvalue weighted by molar-refractivity contribution is 1.07. The Morgan fingerprint density at radius 1 is 0.405 bits per heavy atom. The maximum absolute atomic E-state index is 4.87. The fourth-order valence-electron chi connectivity index (χ4n) is 4.45. The summed E-state index contributed by atoms with van der Waals surface area (Å²) >= 11 is 1.72. The highest BCUT2D eigenvalue weighted by molar-refractivity contribution is 7.21. The molecule has 4 nitrogen and oxygen atoms in total. The molecule has 0 unspecified atom stereocenters. The van der Waals surface area contributed by atoms with Gasteiger partial charge in [-0.15, -0.1) is 11.3 Å². The maximum atomic E-state index is 4.87. The molecule has 7 aromatic rings. The zero-order valence-electron chi connectivity index (χ0n) is 19.7. The number of hydrogen-bond donors (Lipinski definition) is 0. The van der Waals surface area contributed by atoms with Gasteiger partial charge >= 0.3 is 0 Å². The van der Waals surface area contributed by atoms with Crippen molar-refractivity contribution < 1.29 is 0 Å². The number of aromatic nitrogens is 4. The molecule has 0 saturated carbocycles. The molecule has 0 amide bonds. The summed E-state index contributed by atoms with van der Waals surface area (Å²) in [7, 11) is 0. The van der Waals surface area contributed by atoms with Gasteiger partial charge < -0.3 is 0 Å². The van der Waals surface area contributed by atoms with Crippen LogP contribution in [0.15, 0.2) is 121 Å². The third-order valence-corrected chi connectivity index (χ3v) is 7.42. The average molecular weight is 493 g/mol. The molecule has 5 heteroatoms. The average Bonchev–Trinajstić information content (AvgIpc) is 3.42. The fraction of sp³-hybridized carbons (Fsp3) is 0. The number of para-hydroxylation sites is 1. The van der Waals surface area contributed by atoms with Crippen molar-refractivity contribution in [2.24, 2.45) is 0 Å². The predicted octanol–water partition coefficient (Wildman–Crippen LogP) is 8.30. The van der Waals surface area contributed by atoms with Gasteiger partial charge in [-0.2, -0.15) is 0 Å². The summed E-state index contributed by atoms with van der Waals surface area (Å²) in [5, 5.41) is 3.32. The second kappa shape index (κ2) is 9.04. The van der Waals surface area contributed by atoms with Gasteiger partial charge in [0.1, 0.15) is 5.01 Å². The van der Waals surface area contributed by atoms with Gasteiger partial charge in [-0.3, -0.25) is 0 Å². The minimum absolute atomic E-state index is 0.657. The molecule has 0 aliphatic carbocycles. The minimum atomic E-state index is 0.657. The summed E-state index contributed by atoms with van der Waals surface area (Å²) in [5.74, 6) is 1.98. The number of nitrogens with zero attached hydrogens (tertiary/aromatic N) is 4. The van der Waals surface area contributed by atoms with E-state index in [2.05, 4.69) is 54.6 Å². The zero-order chi connectivity index (χ0) is 24.6. The predicted molar refractivity (Wildman–Crippen MR) is 152 cm³/mol. The monoisotopic (exact) mass is 492 g/mol. The van der Waals surface area contributed by atoms with Crippen molar-refractivity contribution >= 4 is 32.3 Å². The van der Waals surface area contributed by atoms with Crippen LogP contribution in [-0.4, -0.2) is 19.9 Å². The van der Waals surface area contributed by atoms with Crippen LogP contribution < -0.4 is 0 Å². The molecule has 5 aromatic carbocycles. The Labute approximate surface area is 218 Å². The Morgan fingerprint density at radius 2 is 0.919 bits per heavy atom. The summed E-state index contributed by atoms with van der Waals surface area (Å²) in [6.07, 6.45) is 0. The van der Waals surface area contributed by atoms with Gasteiger partial charge in [0, 0.05) is 22.3 Å². The first kappa shape index (κ1) is 21.5. The van der Waals surface area contributed by atoms with Gasteiger partial charge in [0.2, 0.25) is 0 Å². The smallest absolute Gasteiger partial charge is 0.164 e. The second-order valence-corrected chi connectivity index (χ2v) is 9.83. The van der Waals surface area contributed by atoms with Gasteiger partial charge in [-0.25, -0.2) is 19.9 Å². The van der Waals surface area contributed by atoms with Crippen LogP contribution in [0.4, 0.5) is 0 Å². The summed E-state index contributed by atoms with van der Waals surface area (Å²) < 4.78 is 1.20. The summed E-state index contributed by atoms with van der Waals surface area (Å²) in [5.41, 5.74) is 5.04. The van der Waals surface area contributed by atoms with Crippen LogP contribution in [0.3, 0.4) is 0 Å². The maximum Gasteiger partial charge on any atom is 0.164 e. The van der Waals surface area contributed by atoms with E-state index < -0.39 is 0 Å². The molecular formula is C32H20N4S. The molecule has 0 atom stereocenters. The third-order valence-electron chi connectivity index (χ3n) is 6.34. The largest absolute Gasteiger partial charge is 0.236 e. The summed E-state index contributed by atoms with van der Waals surface area (Å²) in [4.78, 5) is 19.4. The minimum Gasteiger partial charge on any atom is -0.236 e. The Hall–Kier alpha value is -4.74. The lowest BCUT2D eigenvalue weighted by atomic mass is 10.0. The van der Waals surface area contributed by atoms with E-state index in [1.54, 1.807) is 11.3 Å². The first-order valence-electron chi connectivity index (χ1n) is 12.1. The van der Waals surface area contributed by atoms with Crippen molar-refractivity contribution in [3.63, 3.8) is 0 Å². The summed E-state index contributed by atoms with van der Waals surface area (Å²) in [6.45, 7) is 0. The van der Waals surface area contributed by atoms with E-state index >= 15 is 0 Å². The number of benzene rings is 5. The van der Waals surface area contributed by atoms with E-state index in [9.17, 15) is 0 Å². The molecule has 0 bridgehead atoms. The summed E-state index contributed by atoms with van der Waals surface area (Å²) in [6, 6.07) is 41.2. The van der Waals surface area contributed by atoms with Crippen LogP contribution in [0.2, 0.25) is 0 Å². The van der Waals surface area contributed by atoms with Crippen LogP contribution in [0, 0.1) is 0 Å². The standard InChI is InChI=1S/C32H20N4S/c1-3-9-21(10-4-1)29-34-30(22-11-5-2-6-12-22)36-31(35-29)25-17-15-24-20-26(18-16-23(24)19-25)32-33-27-13-7-8-14-28(27)37-32/h1-20H. The Balaban J connectivity index is 1.32. The van der Waals surface area contributed by atoms with Gasteiger partial charge in [-0.1, -0.05) is 97.1 Å². The molecule has 0 radical (unpaired) electrons. The Kier molecular flexibility index (Phi) is 5.26. The normalized spacial score (nSPS) is 11.2. The first-order chi connectivity index (χ1) is 18.3. The van der Waals surface area contributed by atoms with Crippen molar-refractivity contribution in [3.8, 4) is 44.7 Å². The van der Waals surface area contributed by atoms with E-state index in [4.69, 9.17) is 19.9 Å². The number of hydrogen-bond acceptors (Lipinski definition) is 5. The SMILES string of the molecule is c1ccc(-c2nc(-c3ccccc3)nc(-c3ccc4cc(-c5nc6ccccc6s5)ccc4c3)n2)cc1. The fourth-order valence-corrected chi connectivity index (χ4v) is 5.41. The molecule has 174 valence electrons. The van der Waals surface area contributed by atoms with Crippen LogP contribution >= 0.6 is 11.3 Å². The third kappa shape index (κ3) is 4.15. The van der Waals surface area contributed by atoms with Gasteiger partial charge in [-0.05, 0) is 35.0 Å². The van der Waals surface area contributed by atoms with Crippen LogP contribution in [0.1, 0.15) is 0 Å². The molecule has 2 aromatic heterocycles. The molecule has 0 spiro atoms. The number of fused-ring (bicyclic) bond motifs is 2. The van der Waals surface area contributed by atoms with Crippen molar-refractivity contribution in [1.82, 2.24) is 19.9 Å². The first-order valence-corrected chi connectivity index (χ1v) is 12.9.